The van der Waals surface area contributed by atoms with Crippen molar-refractivity contribution < 1.29 is 4.79 Å². The molecule has 1 aromatic heterocycles. The molecule has 2 heterocycles. The van der Waals surface area contributed by atoms with Crippen molar-refractivity contribution in [2.24, 2.45) is 7.05 Å². The van der Waals surface area contributed by atoms with Gasteiger partial charge in [-0.1, -0.05) is 29.8 Å². The fourth-order valence-electron chi connectivity index (χ4n) is 3.02. The van der Waals surface area contributed by atoms with E-state index in [1.54, 1.807) is 4.68 Å². The summed E-state index contributed by atoms with van der Waals surface area (Å²) in [5.41, 5.74) is 2.10. The summed E-state index contributed by atoms with van der Waals surface area (Å²) in [6, 6.07) is 7.76. The van der Waals surface area contributed by atoms with Gasteiger partial charge in [0, 0.05) is 44.3 Å². The van der Waals surface area contributed by atoms with Crippen molar-refractivity contribution in [3.8, 4) is 0 Å². The third-order valence-electron chi connectivity index (χ3n) is 4.21. The third-order valence-corrected chi connectivity index (χ3v) is 4.56. The number of nitrogens with one attached hydrogen (secondary N) is 1. The smallest absolute Gasteiger partial charge is 0.223 e. The van der Waals surface area contributed by atoms with Crippen LogP contribution in [-0.2, 0) is 18.3 Å². The number of carbonyl (C=O) groups is 1. The van der Waals surface area contributed by atoms with Crippen LogP contribution in [0.3, 0.4) is 0 Å². The van der Waals surface area contributed by atoms with Crippen molar-refractivity contribution in [3.63, 3.8) is 0 Å². The molecule has 1 aliphatic rings. The molecule has 1 amide bonds. The van der Waals surface area contributed by atoms with Crippen LogP contribution in [0.2, 0.25) is 5.02 Å². The maximum atomic E-state index is 12.7. The predicted molar refractivity (Wildman–Crippen MR) is 105 cm³/mol. The highest BCUT2D eigenvalue weighted by Crippen LogP contribution is 2.29. The van der Waals surface area contributed by atoms with Crippen LogP contribution in [0.5, 0.6) is 0 Å². The monoisotopic (exact) mass is 404 g/mol. The van der Waals surface area contributed by atoms with Crippen LogP contribution in [0, 0.1) is 0 Å². The molecule has 0 bridgehead atoms. The first kappa shape index (κ1) is 21.8. The lowest BCUT2D eigenvalue weighted by Gasteiger charge is -2.37. The van der Waals surface area contributed by atoms with Crippen LogP contribution < -0.4 is 5.32 Å². The third kappa shape index (κ3) is 5.35. The van der Waals surface area contributed by atoms with Crippen LogP contribution in [0.4, 0.5) is 0 Å². The molecule has 1 atom stereocenters. The van der Waals surface area contributed by atoms with Crippen molar-refractivity contribution in [2.45, 2.75) is 18.9 Å². The van der Waals surface area contributed by atoms with Crippen molar-refractivity contribution in [3.05, 3.63) is 52.8 Å². The summed E-state index contributed by atoms with van der Waals surface area (Å²) in [5, 5.41) is 8.22. The van der Waals surface area contributed by atoms with E-state index < -0.39 is 0 Å². The average Bonchev–Trinajstić information content (AvgIpc) is 2.99. The van der Waals surface area contributed by atoms with Crippen LogP contribution in [0.1, 0.15) is 23.6 Å². The Morgan fingerprint density at radius 1 is 1.36 bits per heavy atom. The molecule has 3 rings (SSSR count). The topological polar surface area (TPSA) is 50.2 Å². The number of nitrogens with zero attached hydrogens (tertiary/aromatic N) is 3. The minimum atomic E-state index is -0.00107. The van der Waals surface area contributed by atoms with Crippen molar-refractivity contribution in [2.75, 3.05) is 19.6 Å². The molecule has 8 heteroatoms. The number of halogens is 3. The summed E-state index contributed by atoms with van der Waals surface area (Å²) in [6.07, 6.45) is 4.98. The molecular weight excluding hydrogens is 383 g/mol. The Morgan fingerprint density at radius 2 is 2.12 bits per heavy atom. The number of aryl methyl sites for hydroxylation is 2. The Bertz CT molecular complexity index is 692. The maximum absolute atomic E-state index is 12.7. The summed E-state index contributed by atoms with van der Waals surface area (Å²) in [4.78, 5) is 14.7. The second kappa shape index (κ2) is 10.0. The molecule has 138 valence electrons. The van der Waals surface area contributed by atoms with Crippen molar-refractivity contribution in [1.82, 2.24) is 20.0 Å². The van der Waals surface area contributed by atoms with Gasteiger partial charge in [-0.3, -0.25) is 9.48 Å². The molecule has 0 saturated carbocycles. The van der Waals surface area contributed by atoms with E-state index in [0.29, 0.717) is 24.4 Å². The van der Waals surface area contributed by atoms with Crippen molar-refractivity contribution in [1.29, 1.82) is 0 Å². The average molecular weight is 406 g/mol. The lowest BCUT2D eigenvalue weighted by Crippen LogP contribution is -2.48. The van der Waals surface area contributed by atoms with Gasteiger partial charge in [0.25, 0.3) is 0 Å². The number of carbonyl (C=O) groups excluding carboxylic acids is 1. The zero-order valence-electron chi connectivity index (χ0n) is 14.0. The van der Waals surface area contributed by atoms with Crippen LogP contribution in [0.25, 0.3) is 0 Å². The van der Waals surface area contributed by atoms with Gasteiger partial charge in [-0.2, -0.15) is 5.10 Å². The van der Waals surface area contributed by atoms with Gasteiger partial charge in [0.05, 0.1) is 12.2 Å². The van der Waals surface area contributed by atoms with E-state index in [1.807, 2.05) is 48.6 Å². The first-order chi connectivity index (χ1) is 11.1. The van der Waals surface area contributed by atoms with E-state index in [-0.39, 0.29) is 36.8 Å². The zero-order chi connectivity index (χ0) is 16.2. The molecule has 1 aromatic carbocycles. The highest BCUT2D eigenvalue weighted by Gasteiger charge is 2.28. The number of rotatable bonds is 4. The normalized spacial score (nSPS) is 16.7. The number of hydrogen-bond acceptors (Lipinski definition) is 3. The number of piperazine rings is 1. The SMILES string of the molecule is Cl.Cl.Cn1cc(CCC(=O)N2CCNCC2c2ccccc2Cl)cn1. The van der Waals surface area contributed by atoms with Gasteiger partial charge < -0.3 is 10.2 Å². The first-order valence-electron chi connectivity index (χ1n) is 7.87. The molecule has 1 N–H and O–H groups in total. The summed E-state index contributed by atoms with van der Waals surface area (Å²) in [6.45, 7) is 2.27. The number of aromatic nitrogens is 2. The standard InChI is InChI=1S/C17H21ClN4O.2ClH/c1-21-12-13(10-20-21)6-7-17(23)22-9-8-19-11-16(22)14-4-2-3-5-15(14)18;;/h2-5,10,12,16,19H,6-9,11H2,1H3;2*1H. The quantitative estimate of drug-likeness (QED) is 0.850. The number of hydrogen-bond donors (Lipinski definition) is 1. The molecule has 1 aliphatic heterocycles. The fourth-order valence-corrected chi connectivity index (χ4v) is 3.28. The van der Waals surface area contributed by atoms with E-state index in [1.165, 1.54) is 0 Å². The van der Waals surface area contributed by atoms with Crippen LogP contribution in [0.15, 0.2) is 36.7 Å². The van der Waals surface area contributed by atoms with Gasteiger partial charge in [0.15, 0.2) is 0 Å². The maximum Gasteiger partial charge on any atom is 0.223 e. The Hall–Kier alpha value is -1.27. The summed E-state index contributed by atoms with van der Waals surface area (Å²) >= 11 is 6.33. The number of amides is 1. The van der Waals surface area contributed by atoms with Gasteiger partial charge in [-0.25, -0.2) is 0 Å². The highest BCUT2D eigenvalue weighted by atomic mass is 35.5. The predicted octanol–water partition coefficient (Wildman–Crippen LogP) is 3.02. The van der Waals surface area contributed by atoms with E-state index >= 15 is 0 Å². The molecule has 1 fully saturated rings. The van der Waals surface area contributed by atoms with Gasteiger partial charge in [0.1, 0.15) is 0 Å². The molecule has 0 aliphatic carbocycles. The van der Waals surface area contributed by atoms with Crippen LogP contribution in [-0.4, -0.2) is 40.2 Å². The molecule has 0 spiro atoms. The Labute approximate surface area is 165 Å². The van der Waals surface area contributed by atoms with Crippen LogP contribution >= 0.6 is 36.4 Å². The second-order valence-electron chi connectivity index (χ2n) is 5.85. The minimum Gasteiger partial charge on any atom is -0.333 e. The summed E-state index contributed by atoms with van der Waals surface area (Å²) in [7, 11) is 1.88. The fraction of sp³-hybridized carbons (Fsp3) is 0.412. The molecule has 25 heavy (non-hydrogen) atoms. The largest absolute Gasteiger partial charge is 0.333 e. The van der Waals surface area contributed by atoms with Gasteiger partial charge in [-0.15, -0.1) is 24.8 Å². The molecule has 5 nitrogen and oxygen atoms in total. The molecule has 2 aromatic rings. The number of benzene rings is 1. The molecule has 1 saturated heterocycles. The van der Waals surface area contributed by atoms with Crippen molar-refractivity contribution >= 4 is 42.3 Å². The van der Waals surface area contributed by atoms with Gasteiger partial charge >= 0.3 is 0 Å². The molecule has 1 unspecified atom stereocenters. The molecule has 0 radical (unpaired) electrons. The van der Waals surface area contributed by atoms with E-state index in [0.717, 1.165) is 24.2 Å². The molecular formula is C17H23Cl3N4O. The van der Waals surface area contributed by atoms with E-state index in [2.05, 4.69) is 10.4 Å². The van der Waals surface area contributed by atoms with E-state index in [9.17, 15) is 4.79 Å². The Morgan fingerprint density at radius 3 is 2.80 bits per heavy atom. The lowest BCUT2D eigenvalue weighted by molar-refractivity contribution is -0.134. The minimum absolute atomic E-state index is 0. The highest BCUT2D eigenvalue weighted by molar-refractivity contribution is 6.31. The van der Waals surface area contributed by atoms with E-state index in [4.69, 9.17) is 11.6 Å². The lowest BCUT2D eigenvalue weighted by atomic mass is 10.0. The zero-order valence-corrected chi connectivity index (χ0v) is 16.4. The summed E-state index contributed by atoms with van der Waals surface area (Å²) < 4.78 is 1.76. The Kier molecular flexibility index (Phi) is 8.73. The van der Waals surface area contributed by atoms with Gasteiger partial charge in [0.2, 0.25) is 5.91 Å². The Balaban J connectivity index is 0.00000156. The second-order valence-corrected chi connectivity index (χ2v) is 6.26. The summed E-state index contributed by atoms with van der Waals surface area (Å²) in [5.74, 6) is 0.167. The van der Waals surface area contributed by atoms with Gasteiger partial charge in [-0.05, 0) is 23.6 Å². The first-order valence-corrected chi connectivity index (χ1v) is 8.25.